The molecule has 0 N–H and O–H groups in total. The lowest BCUT2D eigenvalue weighted by Crippen LogP contribution is -2.12. The summed E-state index contributed by atoms with van der Waals surface area (Å²) >= 11 is 5.96. The number of hydrogen-bond donors (Lipinski definition) is 0. The highest BCUT2D eigenvalue weighted by Crippen LogP contribution is 2.13. The van der Waals surface area contributed by atoms with Crippen molar-refractivity contribution in [3.8, 4) is 0 Å². The molecule has 16 heavy (non-hydrogen) atoms. The summed E-state index contributed by atoms with van der Waals surface area (Å²) in [7, 11) is 0. The van der Waals surface area contributed by atoms with Gasteiger partial charge in [-0.2, -0.15) is 0 Å². The first kappa shape index (κ1) is 12.9. The lowest BCUT2D eigenvalue weighted by molar-refractivity contribution is -0.118. The molecule has 0 spiro atoms. The zero-order valence-corrected chi connectivity index (χ0v) is 10.0. The summed E-state index contributed by atoms with van der Waals surface area (Å²) in [5, 5.41) is -0.389. The van der Waals surface area contributed by atoms with Crippen LogP contribution in [0.5, 0.6) is 0 Å². The number of alkyl halides is 1. The number of hydrogen-bond acceptors (Lipinski definition) is 2. The molecule has 0 saturated carbocycles. The molecule has 3 heteroatoms. The molecule has 0 bridgehead atoms. The molecule has 1 atom stereocenters. The summed E-state index contributed by atoms with van der Waals surface area (Å²) in [6, 6.07) is 9.00. The highest BCUT2D eigenvalue weighted by molar-refractivity contribution is 6.23. The van der Waals surface area contributed by atoms with Crippen molar-refractivity contribution in [3.05, 3.63) is 35.9 Å². The van der Waals surface area contributed by atoms with Gasteiger partial charge in [-0.15, -0.1) is 11.6 Å². The Balaban J connectivity index is 2.49. The van der Waals surface area contributed by atoms with Gasteiger partial charge < -0.3 is 0 Å². The number of carbonyl (C=O) groups is 2. The molecule has 1 rings (SSSR count). The Labute approximate surface area is 101 Å². The minimum absolute atomic E-state index is 0.00972. The predicted molar refractivity (Wildman–Crippen MR) is 64.9 cm³/mol. The van der Waals surface area contributed by atoms with Crippen LogP contribution in [0.2, 0.25) is 0 Å². The van der Waals surface area contributed by atoms with Crippen LogP contribution in [0, 0.1) is 0 Å². The number of halogens is 1. The van der Waals surface area contributed by atoms with E-state index >= 15 is 0 Å². The molecule has 0 saturated heterocycles. The lowest BCUT2D eigenvalue weighted by atomic mass is 10.0. The van der Waals surface area contributed by atoms with E-state index in [1.807, 2.05) is 18.2 Å². The Morgan fingerprint density at radius 2 is 1.81 bits per heavy atom. The van der Waals surface area contributed by atoms with Crippen molar-refractivity contribution in [2.45, 2.75) is 31.6 Å². The first-order chi connectivity index (χ1) is 7.63. The van der Waals surface area contributed by atoms with Gasteiger partial charge in [0.05, 0.1) is 0 Å². The maximum Gasteiger partial charge on any atom is 0.164 e. The van der Waals surface area contributed by atoms with Crippen molar-refractivity contribution in [2.75, 3.05) is 0 Å². The van der Waals surface area contributed by atoms with Crippen LogP contribution in [0.25, 0.3) is 0 Å². The highest BCUT2D eigenvalue weighted by atomic mass is 35.5. The fourth-order valence-electron chi connectivity index (χ4n) is 1.41. The fourth-order valence-corrected chi connectivity index (χ4v) is 1.72. The SMILES string of the molecule is CCC(=O)CC(Cl)CC(=O)c1ccccc1. The van der Waals surface area contributed by atoms with Crippen LogP contribution in [0.1, 0.15) is 36.5 Å². The van der Waals surface area contributed by atoms with Gasteiger partial charge in [0.2, 0.25) is 0 Å². The lowest BCUT2D eigenvalue weighted by Gasteiger charge is -2.06. The molecule has 1 aromatic carbocycles. The molecule has 0 aliphatic heterocycles. The molecule has 0 fully saturated rings. The Morgan fingerprint density at radius 3 is 2.38 bits per heavy atom. The molecule has 2 nitrogen and oxygen atoms in total. The van der Waals surface area contributed by atoms with Crippen molar-refractivity contribution in [1.29, 1.82) is 0 Å². The van der Waals surface area contributed by atoms with E-state index in [2.05, 4.69) is 0 Å². The van der Waals surface area contributed by atoms with Crippen LogP contribution in [-0.4, -0.2) is 16.9 Å². The second-order valence-electron chi connectivity index (χ2n) is 3.69. The van der Waals surface area contributed by atoms with Crippen molar-refractivity contribution in [1.82, 2.24) is 0 Å². The largest absolute Gasteiger partial charge is 0.300 e. The van der Waals surface area contributed by atoms with Gasteiger partial charge in [-0.25, -0.2) is 0 Å². The summed E-state index contributed by atoms with van der Waals surface area (Å²) in [6.45, 7) is 1.80. The van der Waals surface area contributed by atoms with E-state index in [1.165, 1.54) is 0 Å². The molecule has 1 unspecified atom stereocenters. The van der Waals surface area contributed by atoms with Gasteiger partial charge in [-0.05, 0) is 0 Å². The van der Waals surface area contributed by atoms with Gasteiger partial charge >= 0.3 is 0 Å². The van der Waals surface area contributed by atoms with Gasteiger partial charge in [0.15, 0.2) is 5.78 Å². The molecule has 0 aromatic heterocycles. The third kappa shape index (κ3) is 4.15. The Kier molecular flexibility index (Phi) is 5.20. The monoisotopic (exact) mass is 238 g/mol. The minimum Gasteiger partial charge on any atom is -0.300 e. The van der Waals surface area contributed by atoms with Crippen molar-refractivity contribution >= 4 is 23.2 Å². The van der Waals surface area contributed by atoms with E-state index < -0.39 is 0 Å². The Hall–Kier alpha value is -1.15. The van der Waals surface area contributed by atoms with Crippen molar-refractivity contribution in [2.24, 2.45) is 0 Å². The summed E-state index contributed by atoms with van der Waals surface area (Å²) < 4.78 is 0. The third-order valence-corrected chi connectivity index (χ3v) is 2.65. The molecule has 0 heterocycles. The maximum atomic E-state index is 11.7. The van der Waals surface area contributed by atoms with Crippen LogP contribution in [0.15, 0.2) is 30.3 Å². The Bertz CT molecular complexity index is 359. The normalized spacial score (nSPS) is 12.1. The van der Waals surface area contributed by atoms with Gasteiger partial charge in [-0.3, -0.25) is 9.59 Å². The zero-order chi connectivity index (χ0) is 12.0. The Morgan fingerprint density at radius 1 is 1.19 bits per heavy atom. The number of carbonyl (C=O) groups excluding carboxylic acids is 2. The van der Waals surface area contributed by atoms with Crippen LogP contribution in [0.3, 0.4) is 0 Å². The zero-order valence-electron chi connectivity index (χ0n) is 9.28. The molecule has 0 aliphatic carbocycles. The molecule has 0 aliphatic rings. The predicted octanol–water partition coefficient (Wildman–Crippen LogP) is 3.24. The van der Waals surface area contributed by atoms with E-state index in [-0.39, 0.29) is 29.8 Å². The molecule has 86 valence electrons. The van der Waals surface area contributed by atoms with Crippen LogP contribution in [0.4, 0.5) is 0 Å². The minimum atomic E-state index is -0.389. The van der Waals surface area contributed by atoms with Crippen molar-refractivity contribution in [3.63, 3.8) is 0 Å². The van der Waals surface area contributed by atoms with E-state index in [1.54, 1.807) is 19.1 Å². The quantitative estimate of drug-likeness (QED) is 0.563. The second-order valence-corrected chi connectivity index (χ2v) is 4.30. The van der Waals surface area contributed by atoms with E-state index in [4.69, 9.17) is 11.6 Å². The molecular weight excluding hydrogens is 224 g/mol. The molecule has 1 aromatic rings. The van der Waals surface area contributed by atoms with E-state index in [9.17, 15) is 9.59 Å². The molecule has 0 amide bonds. The van der Waals surface area contributed by atoms with Crippen LogP contribution < -0.4 is 0 Å². The number of rotatable bonds is 6. The van der Waals surface area contributed by atoms with Crippen molar-refractivity contribution < 1.29 is 9.59 Å². The second kappa shape index (κ2) is 6.44. The summed E-state index contributed by atoms with van der Waals surface area (Å²) in [6.07, 6.45) is 0.969. The fraction of sp³-hybridized carbons (Fsp3) is 0.385. The van der Waals surface area contributed by atoms with E-state index in [0.29, 0.717) is 12.0 Å². The first-order valence-corrected chi connectivity index (χ1v) is 5.81. The van der Waals surface area contributed by atoms with E-state index in [0.717, 1.165) is 0 Å². The average Bonchev–Trinajstić information content (AvgIpc) is 2.29. The number of benzene rings is 1. The number of ketones is 2. The third-order valence-electron chi connectivity index (χ3n) is 2.35. The summed E-state index contributed by atoms with van der Waals surface area (Å²) in [5.74, 6) is 0.0883. The summed E-state index contributed by atoms with van der Waals surface area (Å²) in [4.78, 5) is 22.9. The highest BCUT2D eigenvalue weighted by Gasteiger charge is 2.15. The van der Waals surface area contributed by atoms with Crippen LogP contribution in [-0.2, 0) is 4.79 Å². The van der Waals surface area contributed by atoms with Gasteiger partial charge in [-0.1, -0.05) is 37.3 Å². The number of Topliss-reactive ketones (excluding diaryl/α,β-unsaturated/α-hetero) is 2. The van der Waals surface area contributed by atoms with Gasteiger partial charge in [0.1, 0.15) is 5.78 Å². The average molecular weight is 239 g/mol. The maximum absolute atomic E-state index is 11.7. The standard InChI is InChI=1S/C13H15ClO2/c1-2-12(15)8-11(14)9-13(16)10-6-4-3-5-7-10/h3-7,11H,2,8-9H2,1H3. The molecular formula is C13H15ClO2. The topological polar surface area (TPSA) is 34.1 Å². The van der Waals surface area contributed by atoms with Crippen LogP contribution >= 0.6 is 11.6 Å². The van der Waals surface area contributed by atoms with Gasteiger partial charge in [0.25, 0.3) is 0 Å². The smallest absolute Gasteiger partial charge is 0.164 e. The first-order valence-electron chi connectivity index (χ1n) is 5.37. The summed E-state index contributed by atoms with van der Waals surface area (Å²) in [5.41, 5.74) is 0.650. The molecule has 0 radical (unpaired) electrons. The van der Waals surface area contributed by atoms with Gasteiger partial charge in [0, 0.05) is 30.2 Å².